The topological polar surface area (TPSA) is 61.4 Å². The van der Waals surface area contributed by atoms with E-state index in [2.05, 4.69) is 10.6 Å². The summed E-state index contributed by atoms with van der Waals surface area (Å²) in [7, 11) is 0. The zero-order valence-corrected chi connectivity index (χ0v) is 10.8. The molecule has 0 saturated carbocycles. The van der Waals surface area contributed by atoms with Gasteiger partial charge < -0.3 is 15.7 Å². The van der Waals surface area contributed by atoms with Crippen LogP contribution in [0.4, 0.5) is 18.9 Å². The smallest absolute Gasteiger partial charge is 0.416 e. The second-order valence-corrected chi connectivity index (χ2v) is 5.11. The van der Waals surface area contributed by atoms with Crippen molar-refractivity contribution in [3.63, 3.8) is 0 Å². The normalized spacial score (nSPS) is 17.4. The lowest BCUT2D eigenvalue weighted by molar-refractivity contribution is -0.139. The predicted molar refractivity (Wildman–Crippen MR) is 67.7 cm³/mol. The summed E-state index contributed by atoms with van der Waals surface area (Å²) in [4.78, 5) is 10.9. The van der Waals surface area contributed by atoms with Gasteiger partial charge in [-0.25, -0.2) is 0 Å². The molecule has 1 fully saturated rings. The molecule has 0 aromatic heterocycles. The molecule has 0 spiro atoms. The van der Waals surface area contributed by atoms with Gasteiger partial charge in [0.1, 0.15) is 0 Å². The van der Waals surface area contributed by atoms with Gasteiger partial charge in [-0.2, -0.15) is 13.2 Å². The monoisotopic (exact) mass is 288 g/mol. The Labute approximate surface area is 114 Å². The molecule has 7 heteroatoms. The van der Waals surface area contributed by atoms with E-state index in [1.165, 1.54) is 6.07 Å². The van der Waals surface area contributed by atoms with Gasteiger partial charge in [-0.05, 0) is 24.6 Å². The fourth-order valence-electron chi connectivity index (χ4n) is 2.19. The minimum absolute atomic E-state index is 0.143. The Hall–Kier alpha value is -1.76. The van der Waals surface area contributed by atoms with Crippen molar-refractivity contribution in [3.8, 4) is 0 Å². The van der Waals surface area contributed by atoms with Crippen molar-refractivity contribution in [2.24, 2.45) is 0 Å². The quantitative estimate of drug-likeness (QED) is 0.795. The Balaban J connectivity index is 2.26. The summed E-state index contributed by atoms with van der Waals surface area (Å²) in [6, 6.07) is 3.42. The molecular formula is C13H15F3N2O2. The second kappa shape index (κ2) is 4.97. The van der Waals surface area contributed by atoms with Crippen LogP contribution in [-0.2, 0) is 11.0 Å². The van der Waals surface area contributed by atoms with Crippen molar-refractivity contribution in [1.29, 1.82) is 0 Å². The van der Waals surface area contributed by atoms with Crippen molar-refractivity contribution in [3.05, 3.63) is 29.3 Å². The Morgan fingerprint density at radius 2 is 2.10 bits per heavy atom. The SMILES string of the molecule is Cc1ccc(C(F)(F)F)cc1NC1(CC(=O)O)CNC1. The molecule has 20 heavy (non-hydrogen) atoms. The van der Waals surface area contributed by atoms with Crippen molar-refractivity contribution >= 4 is 11.7 Å². The molecule has 0 aliphatic carbocycles. The lowest BCUT2D eigenvalue weighted by Gasteiger charge is -2.43. The molecule has 0 unspecified atom stereocenters. The van der Waals surface area contributed by atoms with Crippen LogP contribution in [0.1, 0.15) is 17.5 Å². The van der Waals surface area contributed by atoms with Crippen LogP contribution in [0, 0.1) is 6.92 Å². The number of anilines is 1. The molecule has 1 saturated heterocycles. The maximum atomic E-state index is 12.7. The Morgan fingerprint density at radius 1 is 1.45 bits per heavy atom. The highest BCUT2D eigenvalue weighted by Gasteiger charge is 2.40. The van der Waals surface area contributed by atoms with Gasteiger partial charge in [-0.1, -0.05) is 6.07 Å². The summed E-state index contributed by atoms with van der Waals surface area (Å²) in [5.74, 6) is -0.983. The van der Waals surface area contributed by atoms with E-state index in [1.807, 2.05) is 0 Å². The average Bonchev–Trinajstić information content (AvgIpc) is 2.26. The molecule has 4 nitrogen and oxygen atoms in total. The first-order valence-electron chi connectivity index (χ1n) is 6.10. The first-order chi connectivity index (χ1) is 9.22. The number of carbonyl (C=O) groups is 1. The van der Waals surface area contributed by atoms with Gasteiger partial charge in [0.2, 0.25) is 0 Å². The highest BCUT2D eigenvalue weighted by atomic mass is 19.4. The lowest BCUT2D eigenvalue weighted by atomic mass is 9.87. The molecule has 1 aromatic carbocycles. The molecule has 1 aliphatic heterocycles. The first kappa shape index (κ1) is 14.6. The molecule has 2 rings (SSSR count). The fraction of sp³-hybridized carbons (Fsp3) is 0.462. The van der Waals surface area contributed by atoms with E-state index >= 15 is 0 Å². The Morgan fingerprint density at radius 3 is 2.55 bits per heavy atom. The standard InChI is InChI=1S/C13H15F3N2O2/c1-8-2-3-9(13(14,15)16)4-10(8)18-12(5-11(19)20)6-17-7-12/h2-4,17-18H,5-7H2,1H3,(H,19,20). The number of alkyl halides is 3. The molecule has 110 valence electrons. The number of carboxylic acids is 1. The van der Waals surface area contributed by atoms with Gasteiger partial charge in [0.15, 0.2) is 0 Å². The van der Waals surface area contributed by atoms with Gasteiger partial charge in [0, 0.05) is 18.8 Å². The van der Waals surface area contributed by atoms with Gasteiger partial charge in [0.05, 0.1) is 17.5 Å². The highest BCUT2D eigenvalue weighted by Crippen LogP contribution is 2.33. The van der Waals surface area contributed by atoms with Crippen LogP contribution < -0.4 is 10.6 Å². The molecule has 1 aromatic rings. The number of aryl methyl sites for hydroxylation is 1. The van der Waals surface area contributed by atoms with E-state index in [0.29, 0.717) is 24.3 Å². The lowest BCUT2D eigenvalue weighted by Crippen LogP contribution is -2.65. The number of rotatable bonds is 4. The third-order valence-corrected chi connectivity index (χ3v) is 3.38. The number of benzene rings is 1. The number of nitrogens with one attached hydrogen (secondary N) is 2. The zero-order chi connectivity index (χ0) is 15.0. The fourth-order valence-corrected chi connectivity index (χ4v) is 2.19. The molecular weight excluding hydrogens is 273 g/mol. The number of hydrogen-bond donors (Lipinski definition) is 3. The van der Waals surface area contributed by atoms with E-state index in [9.17, 15) is 18.0 Å². The van der Waals surface area contributed by atoms with E-state index in [1.54, 1.807) is 6.92 Å². The maximum absolute atomic E-state index is 12.7. The third-order valence-electron chi connectivity index (χ3n) is 3.38. The number of aliphatic carboxylic acids is 1. The van der Waals surface area contributed by atoms with Crippen LogP contribution >= 0.6 is 0 Å². The molecule has 3 N–H and O–H groups in total. The van der Waals surface area contributed by atoms with Gasteiger partial charge >= 0.3 is 12.1 Å². The minimum atomic E-state index is -4.41. The van der Waals surface area contributed by atoms with Gasteiger partial charge in [0.25, 0.3) is 0 Å². The van der Waals surface area contributed by atoms with Crippen LogP contribution in [0.3, 0.4) is 0 Å². The minimum Gasteiger partial charge on any atom is -0.481 e. The van der Waals surface area contributed by atoms with E-state index in [-0.39, 0.29) is 6.42 Å². The van der Waals surface area contributed by atoms with Crippen LogP contribution in [0.5, 0.6) is 0 Å². The molecule has 1 aliphatic rings. The zero-order valence-electron chi connectivity index (χ0n) is 10.8. The second-order valence-electron chi connectivity index (χ2n) is 5.11. The van der Waals surface area contributed by atoms with Crippen LogP contribution in [0.2, 0.25) is 0 Å². The number of carboxylic acid groups (broad SMARTS) is 1. The van der Waals surface area contributed by atoms with Crippen molar-refractivity contribution in [2.45, 2.75) is 25.1 Å². The highest BCUT2D eigenvalue weighted by molar-refractivity contribution is 5.70. The molecule has 0 atom stereocenters. The van der Waals surface area contributed by atoms with Crippen molar-refractivity contribution in [1.82, 2.24) is 5.32 Å². The molecule has 0 radical (unpaired) electrons. The third kappa shape index (κ3) is 3.04. The molecule has 0 amide bonds. The predicted octanol–water partition coefficient (Wildman–Crippen LogP) is 2.24. The van der Waals surface area contributed by atoms with E-state index < -0.39 is 23.2 Å². The number of hydrogen-bond acceptors (Lipinski definition) is 3. The van der Waals surface area contributed by atoms with Crippen molar-refractivity contribution < 1.29 is 23.1 Å². The maximum Gasteiger partial charge on any atom is 0.416 e. The summed E-state index contributed by atoms with van der Waals surface area (Å²) in [6.07, 6.45) is -4.56. The summed E-state index contributed by atoms with van der Waals surface area (Å²) in [5, 5.41) is 14.8. The van der Waals surface area contributed by atoms with Crippen LogP contribution in [0.25, 0.3) is 0 Å². The summed E-state index contributed by atoms with van der Waals surface area (Å²) < 4.78 is 38.1. The largest absolute Gasteiger partial charge is 0.481 e. The summed E-state index contributed by atoms with van der Waals surface area (Å²) in [5.41, 5.74) is -0.499. The summed E-state index contributed by atoms with van der Waals surface area (Å²) >= 11 is 0. The summed E-state index contributed by atoms with van der Waals surface area (Å²) in [6.45, 7) is 2.51. The van der Waals surface area contributed by atoms with E-state index in [4.69, 9.17) is 5.11 Å². The average molecular weight is 288 g/mol. The van der Waals surface area contributed by atoms with Crippen LogP contribution in [0.15, 0.2) is 18.2 Å². The van der Waals surface area contributed by atoms with Crippen LogP contribution in [-0.4, -0.2) is 29.7 Å². The van der Waals surface area contributed by atoms with Gasteiger partial charge in [-0.3, -0.25) is 4.79 Å². The molecule has 1 heterocycles. The molecule has 0 bridgehead atoms. The van der Waals surface area contributed by atoms with E-state index in [0.717, 1.165) is 12.1 Å². The van der Waals surface area contributed by atoms with Crippen molar-refractivity contribution in [2.75, 3.05) is 18.4 Å². The number of halogens is 3. The Kier molecular flexibility index (Phi) is 3.64. The Bertz CT molecular complexity index is 525. The first-order valence-corrected chi connectivity index (χ1v) is 6.10. The van der Waals surface area contributed by atoms with Gasteiger partial charge in [-0.15, -0.1) is 0 Å².